The smallest absolute Gasteiger partial charge is 0.257 e. The molecule has 132 valence electrons. The summed E-state index contributed by atoms with van der Waals surface area (Å²) in [6, 6.07) is 8.51. The summed E-state index contributed by atoms with van der Waals surface area (Å²) in [6.45, 7) is 9.77. The molecule has 1 aromatic carbocycles. The van der Waals surface area contributed by atoms with E-state index in [4.69, 9.17) is 0 Å². The molecule has 0 spiro atoms. The number of carbonyl (C=O) groups is 1. The number of hydrogen-bond acceptors (Lipinski definition) is 3. The van der Waals surface area contributed by atoms with E-state index in [9.17, 15) is 4.79 Å². The molecule has 1 saturated heterocycles. The molecule has 0 saturated carbocycles. The zero-order valence-electron chi connectivity index (χ0n) is 15.6. The van der Waals surface area contributed by atoms with Crippen molar-refractivity contribution in [2.45, 2.75) is 52.4 Å². The number of benzene rings is 1. The van der Waals surface area contributed by atoms with Crippen LogP contribution in [0, 0.1) is 13.8 Å². The summed E-state index contributed by atoms with van der Waals surface area (Å²) >= 11 is 0. The average molecular weight is 337 g/mol. The van der Waals surface area contributed by atoms with Crippen LogP contribution in [0.4, 0.5) is 0 Å². The van der Waals surface area contributed by atoms with Crippen LogP contribution < -0.4 is 0 Å². The topological polar surface area (TPSA) is 46.1 Å². The number of aryl methyl sites for hydroxylation is 2. The van der Waals surface area contributed by atoms with Crippen molar-refractivity contribution >= 4 is 5.91 Å². The van der Waals surface area contributed by atoms with Gasteiger partial charge in [0.15, 0.2) is 0 Å². The zero-order chi connectivity index (χ0) is 18.0. The number of amides is 1. The maximum atomic E-state index is 13.0. The minimum absolute atomic E-state index is 0.0612. The van der Waals surface area contributed by atoms with Crippen molar-refractivity contribution in [2.24, 2.45) is 0 Å². The number of carbonyl (C=O) groups excluding carboxylic acids is 1. The highest BCUT2D eigenvalue weighted by atomic mass is 16.2. The van der Waals surface area contributed by atoms with Gasteiger partial charge in [0.1, 0.15) is 5.82 Å². The Balaban J connectivity index is 1.80. The van der Waals surface area contributed by atoms with Gasteiger partial charge in [-0.1, -0.05) is 38.1 Å². The minimum Gasteiger partial charge on any atom is -0.338 e. The molecule has 2 aromatic rings. The van der Waals surface area contributed by atoms with E-state index in [0.29, 0.717) is 11.5 Å². The maximum Gasteiger partial charge on any atom is 0.257 e. The SMILES string of the molecule is Cc1ccccc1[C@H]1CCCN(C(=O)c2cnc(C(C)C)nc2C)C1. The van der Waals surface area contributed by atoms with Crippen LogP contribution >= 0.6 is 0 Å². The summed E-state index contributed by atoms with van der Waals surface area (Å²) in [4.78, 5) is 23.9. The first kappa shape index (κ1) is 17.6. The first-order valence-corrected chi connectivity index (χ1v) is 9.15. The van der Waals surface area contributed by atoms with E-state index < -0.39 is 0 Å². The average Bonchev–Trinajstić information content (AvgIpc) is 2.61. The van der Waals surface area contributed by atoms with Crippen LogP contribution in [-0.4, -0.2) is 33.9 Å². The third kappa shape index (κ3) is 3.73. The zero-order valence-corrected chi connectivity index (χ0v) is 15.6. The third-order valence-electron chi connectivity index (χ3n) is 5.08. The standard InChI is InChI=1S/C21H27N3O/c1-14(2)20-22-12-19(16(4)23-20)21(25)24-11-7-9-17(13-24)18-10-6-5-8-15(18)3/h5-6,8,10,12,14,17H,7,9,11,13H2,1-4H3/t17-/m0/s1. The summed E-state index contributed by atoms with van der Waals surface area (Å²) in [5.74, 6) is 1.54. The fraction of sp³-hybridized carbons (Fsp3) is 0.476. The van der Waals surface area contributed by atoms with Crippen molar-refractivity contribution < 1.29 is 4.79 Å². The van der Waals surface area contributed by atoms with E-state index in [-0.39, 0.29) is 11.8 Å². The molecule has 0 radical (unpaired) electrons. The highest BCUT2D eigenvalue weighted by molar-refractivity contribution is 5.95. The minimum atomic E-state index is 0.0612. The number of hydrogen-bond donors (Lipinski definition) is 0. The molecule has 0 aliphatic carbocycles. The molecule has 1 aromatic heterocycles. The second kappa shape index (κ2) is 7.34. The molecule has 2 heterocycles. The van der Waals surface area contributed by atoms with Crippen molar-refractivity contribution in [3.05, 3.63) is 58.7 Å². The molecule has 1 aliphatic heterocycles. The highest BCUT2D eigenvalue weighted by Crippen LogP contribution is 2.30. The molecule has 1 atom stereocenters. The maximum absolute atomic E-state index is 13.0. The molecule has 0 bridgehead atoms. The van der Waals surface area contributed by atoms with Crippen molar-refractivity contribution in [3.63, 3.8) is 0 Å². The third-order valence-corrected chi connectivity index (χ3v) is 5.08. The van der Waals surface area contributed by atoms with E-state index in [1.165, 1.54) is 11.1 Å². The summed E-state index contributed by atoms with van der Waals surface area (Å²) < 4.78 is 0. The van der Waals surface area contributed by atoms with Crippen molar-refractivity contribution in [3.8, 4) is 0 Å². The van der Waals surface area contributed by atoms with Crippen LogP contribution in [-0.2, 0) is 0 Å². The van der Waals surface area contributed by atoms with E-state index in [2.05, 4.69) is 55.0 Å². The number of piperidine rings is 1. The Bertz CT molecular complexity index is 769. The molecule has 0 unspecified atom stereocenters. The number of rotatable bonds is 3. The second-order valence-corrected chi connectivity index (χ2v) is 7.33. The van der Waals surface area contributed by atoms with Gasteiger partial charge in [-0.05, 0) is 37.8 Å². The summed E-state index contributed by atoms with van der Waals surface area (Å²) in [7, 11) is 0. The first-order chi connectivity index (χ1) is 12.0. The molecule has 0 N–H and O–H groups in total. The number of nitrogens with zero attached hydrogens (tertiary/aromatic N) is 3. The monoisotopic (exact) mass is 337 g/mol. The number of likely N-dealkylation sites (tertiary alicyclic amines) is 1. The molecule has 25 heavy (non-hydrogen) atoms. The highest BCUT2D eigenvalue weighted by Gasteiger charge is 2.27. The van der Waals surface area contributed by atoms with Crippen LogP contribution in [0.2, 0.25) is 0 Å². The van der Waals surface area contributed by atoms with Crippen LogP contribution in [0.1, 0.15) is 71.5 Å². The predicted octanol–water partition coefficient (Wildman–Crippen LogP) is 4.24. The van der Waals surface area contributed by atoms with Gasteiger partial charge in [0.25, 0.3) is 5.91 Å². The molecular weight excluding hydrogens is 310 g/mol. The van der Waals surface area contributed by atoms with Crippen molar-refractivity contribution in [1.82, 2.24) is 14.9 Å². The molecular formula is C21H27N3O. The molecule has 1 aliphatic rings. The largest absolute Gasteiger partial charge is 0.338 e. The molecule has 1 fully saturated rings. The van der Waals surface area contributed by atoms with Crippen LogP contribution in [0.3, 0.4) is 0 Å². The fourth-order valence-corrected chi connectivity index (χ4v) is 3.60. The van der Waals surface area contributed by atoms with Gasteiger partial charge in [-0.25, -0.2) is 9.97 Å². The summed E-state index contributed by atoms with van der Waals surface area (Å²) in [5, 5.41) is 0. The van der Waals surface area contributed by atoms with Crippen LogP contribution in [0.25, 0.3) is 0 Å². The van der Waals surface area contributed by atoms with E-state index >= 15 is 0 Å². The van der Waals surface area contributed by atoms with Gasteiger partial charge in [0, 0.05) is 31.1 Å². The lowest BCUT2D eigenvalue weighted by molar-refractivity contribution is 0.0705. The van der Waals surface area contributed by atoms with Gasteiger partial charge in [-0.3, -0.25) is 4.79 Å². The van der Waals surface area contributed by atoms with Gasteiger partial charge < -0.3 is 4.90 Å². The molecule has 3 rings (SSSR count). The van der Waals surface area contributed by atoms with Gasteiger partial charge >= 0.3 is 0 Å². The van der Waals surface area contributed by atoms with Crippen molar-refractivity contribution in [2.75, 3.05) is 13.1 Å². The fourth-order valence-electron chi connectivity index (χ4n) is 3.60. The lowest BCUT2D eigenvalue weighted by Gasteiger charge is -2.34. The van der Waals surface area contributed by atoms with Crippen LogP contribution in [0.5, 0.6) is 0 Å². The van der Waals surface area contributed by atoms with E-state index in [1.54, 1.807) is 6.20 Å². The van der Waals surface area contributed by atoms with Crippen molar-refractivity contribution in [1.29, 1.82) is 0 Å². The Morgan fingerprint density at radius 1 is 1.24 bits per heavy atom. The molecule has 4 nitrogen and oxygen atoms in total. The predicted molar refractivity (Wildman–Crippen MR) is 99.9 cm³/mol. The second-order valence-electron chi connectivity index (χ2n) is 7.33. The van der Waals surface area contributed by atoms with Gasteiger partial charge in [0.2, 0.25) is 0 Å². The Hall–Kier alpha value is -2.23. The first-order valence-electron chi connectivity index (χ1n) is 9.15. The quantitative estimate of drug-likeness (QED) is 0.842. The molecule has 1 amide bonds. The lowest BCUT2D eigenvalue weighted by Crippen LogP contribution is -2.39. The van der Waals surface area contributed by atoms with Gasteiger partial charge in [-0.2, -0.15) is 0 Å². The molecule has 4 heteroatoms. The number of aromatic nitrogens is 2. The Labute approximate surface area is 150 Å². The van der Waals surface area contributed by atoms with Gasteiger partial charge in [-0.15, -0.1) is 0 Å². The normalized spacial score (nSPS) is 17.8. The Kier molecular flexibility index (Phi) is 5.16. The summed E-state index contributed by atoms with van der Waals surface area (Å²) in [5.41, 5.74) is 4.09. The van der Waals surface area contributed by atoms with Crippen LogP contribution in [0.15, 0.2) is 30.5 Å². The Morgan fingerprint density at radius 2 is 2.00 bits per heavy atom. The Morgan fingerprint density at radius 3 is 2.68 bits per heavy atom. The lowest BCUT2D eigenvalue weighted by atomic mass is 9.88. The van der Waals surface area contributed by atoms with E-state index in [0.717, 1.165) is 37.4 Å². The van der Waals surface area contributed by atoms with Gasteiger partial charge in [0.05, 0.1) is 11.3 Å². The van der Waals surface area contributed by atoms with E-state index in [1.807, 2.05) is 11.8 Å². The summed E-state index contributed by atoms with van der Waals surface area (Å²) in [6.07, 6.45) is 3.88.